The molecule has 0 radical (unpaired) electrons. The molecular formula is C16H21FN2O. The zero-order valence-corrected chi connectivity index (χ0v) is 12.1. The average molecular weight is 276 g/mol. The van der Waals surface area contributed by atoms with E-state index < -0.39 is 0 Å². The van der Waals surface area contributed by atoms with Crippen LogP contribution in [0.25, 0.3) is 0 Å². The summed E-state index contributed by atoms with van der Waals surface area (Å²) in [6.45, 7) is 6.32. The molecule has 0 bridgehead atoms. The van der Waals surface area contributed by atoms with Crippen LogP contribution in [0.3, 0.4) is 0 Å². The first kappa shape index (κ1) is 13.6. The lowest BCUT2D eigenvalue weighted by molar-refractivity contribution is -0.143. The fourth-order valence-corrected chi connectivity index (χ4v) is 3.48. The molecular weight excluding hydrogens is 255 g/mol. The molecule has 1 amide bonds. The number of piperazine rings is 1. The number of aryl methyl sites for hydroxylation is 1. The van der Waals surface area contributed by atoms with E-state index in [-0.39, 0.29) is 17.8 Å². The Bertz CT molecular complexity index is 511. The summed E-state index contributed by atoms with van der Waals surface area (Å²) in [6.07, 6.45) is 2.20. The van der Waals surface area contributed by atoms with Gasteiger partial charge in [0.2, 0.25) is 5.91 Å². The normalized spacial score (nSPS) is 26.9. The molecule has 2 aliphatic heterocycles. The summed E-state index contributed by atoms with van der Waals surface area (Å²) >= 11 is 0. The Hall–Kier alpha value is -1.42. The van der Waals surface area contributed by atoms with Gasteiger partial charge in [-0.15, -0.1) is 0 Å². The van der Waals surface area contributed by atoms with Crippen LogP contribution in [0.1, 0.15) is 30.9 Å². The van der Waals surface area contributed by atoms with E-state index in [4.69, 9.17) is 0 Å². The third kappa shape index (κ3) is 2.44. The van der Waals surface area contributed by atoms with E-state index in [1.807, 2.05) is 24.8 Å². The Balaban J connectivity index is 1.78. The van der Waals surface area contributed by atoms with Gasteiger partial charge in [0.05, 0.1) is 6.04 Å². The molecule has 2 saturated heterocycles. The number of carbonyl (C=O) groups excluding carboxylic acids is 1. The van der Waals surface area contributed by atoms with Crippen LogP contribution in [-0.2, 0) is 11.3 Å². The lowest BCUT2D eigenvalue weighted by atomic mass is 10.0. The van der Waals surface area contributed by atoms with Crippen molar-refractivity contribution in [1.29, 1.82) is 0 Å². The van der Waals surface area contributed by atoms with Crippen molar-refractivity contribution in [1.82, 2.24) is 9.80 Å². The Morgan fingerprint density at radius 3 is 2.90 bits per heavy atom. The minimum absolute atomic E-state index is 0.104. The van der Waals surface area contributed by atoms with Crippen LogP contribution in [0.5, 0.6) is 0 Å². The van der Waals surface area contributed by atoms with Crippen LogP contribution in [-0.4, -0.2) is 40.9 Å². The van der Waals surface area contributed by atoms with Crippen LogP contribution in [0, 0.1) is 12.7 Å². The number of carbonyl (C=O) groups is 1. The highest BCUT2D eigenvalue weighted by Crippen LogP contribution is 2.27. The lowest BCUT2D eigenvalue weighted by Crippen LogP contribution is -2.58. The minimum atomic E-state index is -0.196. The molecule has 0 aromatic heterocycles. The van der Waals surface area contributed by atoms with Crippen molar-refractivity contribution >= 4 is 5.91 Å². The molecule has 1 aromatic rings. The van der Waals surface area contributed by atoms with Gasteiger partial charge in [-0.05, 0) is 49.9 Å². The Kier molecular flexibility index (Phi) is 3.50. The van der Waals surface area contributed by atoms with E-state index in [9.17, 15) is 9.18 Å². The Morgan fingerprint density at radius 2 is 2.15 bits per heavy atom. The molecule has 1 aromatic carbocycles. The number of rotatable bonds is 2. The van der Waals surface area contributed by atoms with Crippen molar-refractivity contribution in [3.8, 4) is 0 Å². The summed E-state index contributed by atoms with van der Waals surface area (Å²) < 4.78 is 13.5. The predicted octanol–water partition coefficient (Wildman–Crippen LogP) is 2.33. The fourth-order valence-electron chi connectivity index (χ4n) is 3.48. The van der Waals surface area contributed by atoms with Crippen molar-refractivity contribution in [2.75, 3.05) is 13.1 Å². The second kappa shape index (κ2) is 5.17. The number of fused-ring (bicyclic) bond motifs is 1. The lowest BCUT2D eigenvalue weighted by Gasteiger charge is -2.41. The maximum absolute atomic E-state index is 13.5. The molecule has 3 rings (SSSR count). The van der Waals surface area contributed by atoms with E-state index in [2.05, 4.69) is 4.90 Å². The van der Waals surface area contributed by atoms with Crippen LogP contribution in [0.2, 0.25) is 0 Å². The topological polar surface area (TPSA) is 23.6 Å². The summed E-state index contributed by atoms with van der Waals surface area (Å²) in [5.74, 6) is 0.0327. The van der Waals surface area contributed by atoms with E-state index in [0.717, 1.165) is 37.1 Å². The van der Waals surface area contributed by atoms with Gasteiger partial charge in [-0.25, -0.2) is 4.39 Å². The summed E-state index contributed by atoms with van der Waals surface area (Å²) in [7, 11) is 0. The molecule has 2 atom stereocenters. The number of amides is 1. The van der Waals surface area contributed by atoms with Crippen molar-refractivity contribution < 1.29 is 9.18 Å². The second-order valence-corrected chi connectivity index (χ2v) is 6.07. The highest BCUT2D eigenvalue weighted by molar-refractivity contribution is 5.83. The van der Waals surface area contributed by atoms with Gasteiger partial charge in [-0.1, -0.05) is 6.07 Å². The summed E-state index contributed by atoms with van der Waals surface area (Å²) in [5, 5.41) is 0. The number of benzene rings is 1. The van der Waals surface area contributed by atoms with Crippen LogP contribution >= 0.6 is 0 Å². The monoisotopic (exact) mass is 276 g/mol. The molecule has 20 heavy (non-hydrogen) atoms. The fraction of sp³-hybridized carbons (Fsp3) is 0.562. The maximum Gasteiger partial charge on any atom is 0.239 e. The highest BCUT2D eigenvalue weighted by Gasteiger charge is 2.39. The largest absolute Gasteiger partial charge is 0.337 e. The zero-order chi connectivity index (χ0) is 14.3. The second-order valence-electron chi connectivity index (χ2n) is 6.07. The molecule has 0 unspecified atom stereocenters. The highest BCUT2D eigenvalue weighted by atomic mass is 19.1. The van der Waals surface area contributed by atoms with Gasteiger partial charge in [0.15, 0.2) is 0 Å². The molecule has 0 aliphatic carbocycles. The summed E-state index contributed by atoms with van der Waals surface area (Å²) in [5.41, 5.74) is 1.88. The van der Waals surface area contributed by atoms with Crippen LogP contribution in [0.15, 0.2) is 18.2 Å². The summed E-state index contributed by atoms with van der Waals surface area (Å²) in [4.78, 5) is 16.6. The van der Waals surface area contributed by atoms with E-state index in [1.165, 1.54) is 6.07 Å². The van der Waals surface area contributed by atoms with Gasteiger partial charge >= 0.3 is 0 Å². The SMILES string of the molecule is Cc1cc(F)cc(CN2C[C@H]3CCCN3C(=O)[C@H]2C)c1. The van der Waals surface area contributed by atoms with Gasteiger partial charge in [0, 0.05) is 25.7 Å². The molecule has 2 fully saturated rings. The van der Waals surface area contributed by atoms with Crippen molar-refractivity contribution in [3.05, 3.63) is 35.1 Å². The van der Waals surface area contributed by atoms with Gasteiger partial charge in [0.25, 0.3) is 0 Å². The van der Waals surface area contributed by atoms with E-state index >= 15 is 0 Å². The number of hydrogen-bond donors (Lipinski definition) is 0. The van der Waals surface area contributed by atoms with E-state index in [1.54, 1.807) is 6.07 Å². The van der Waals surface area contributed by atoms with Crippen molar-refractivity contribution in [2.45, 2.75) is 45.3 Å². The summed E-state index contributed by atoms with van der Waals surface area (Å²) in [6, 6.07) is 5.36. The molecule has 3 nitrogen and oxygen atoms in total. The van der Waals surface area contributed by atoms with Gasteiger partial charge < -0.3 is 4.90 Å². The number of halogens is 1. The number of nitrogens with zero attached hydrogens (tertiary/aromatic N) is 2. The van der Waals surface area contributed by atoms with Gasteiger partial charge in [-0.2, -0.15) is 0 Å². The standard InChI is InChI=1S/C16H21FN2O/c1-11-6-13(8-14(17)7-11)9-18-10-15-4-3-5-19(15)16(20)12(18)2/h6-8,12,15H,3-5,9-10H2,1-2H3/t12-,15-/m1/s1. The smallest absolute Gasteiger partial charge is 0.239 e. The van der Waals surface area contributed by atoms with Gasteiger partial charge in [0.1, 0.15) is 5.82 Å². The average Bonchev–Trinajstić information content (AvgIpc) is 2.82. The molecule has 0 N–H and O–H groups in total. The van der Waals surface area contributed by atoms with Crippen LogP contribution in [0.4, 0.5) is 4.39 Å². The third-order valence-corrected chi connectivity index (χ3v) is 4.50. The number of hydrogen-bond acceptors (Lipinski definition) is 2. The maximum atomic E-state index is 13.5. The van der Waals surface area contributed by atoms with Gasteiger partial charge in [-0.3, -0.25) is 9.69 Å². The Labute approximate surface area is 119 Å². The van der Waals surface area contributed by atoms with Crippen LogP contribution < -0.4 is 0 Å². The first-order valence-electron chi connectivity index (χ1n) is 7.35. The molecule has 108 valence electrons. The molecule has 0 spiro atoms. The quantitative estimate of drug-likeness (QED) is 0.827. The minimum Gasteiger partial charge on any atom is -0.337 e. The molecule has 4 heteroatoms. The molecule has 2 aliphatic rings. The first-order valence-corrected chi connectivity index (χ1v) is 7.35. The van der Waals surface area contributed by atoms with Crippen molar-refractivity contribution in [3.63, 3.8) is 0 Å². The van der Waals surface area contributed by atoms with E-state index in [0.29, 0.717) is 12.6 Å². The molecule has 2 heterocycles. The first-order chi connectivity index (χ1) is 9.54. The zero-order valence-electron chi connectivity index (χ0n) is 12.1. The third-order valence-electron chi connectivity index (χ3n) is 4.50. The van der Waals surface area contributed by atoms with Crippen molar-refractivity contribution in [2.24, 2.45) is 0 Å². The molecule has 0 saturated carbocycles. The Morgan fingerprint density at radius 1 is 1.35 bits per heavy atom. The predicted molar refractivity (Wildman–Crippen MR) is 75.7 cm³/mol.